The van der Waals surface area contributed by atoms with E-state index in [-0.39, 0.29) is 5.41 Å². The van der Waals surface area contributed by atoms with E-state index in [1.54, 1.807) is 7.11 Å². The molecular weight excluding hydrogens is 214 g/mol. The Labute approximate surface area is 102 Å². The molecule has 1 aliphatic carbocycles. The predicted octanol–water partition coefficient (Wildman–Crippen LogP) is 3.16. The first-order valence-corrected chi connectivity index (χ1v) is 5.96. The van der Waals surface area contributed by atoms with E-state index in [9.17, 15) is 5.26 Å². The van der Waals surface area contributed by atoms with Crippen LogP contribution in [0.4, 0.5) is 0 Å². The Balaban J connectivity index is 1.99. The molecule has 3 nitrogen and oxygen atoms in total. The highest BCUT2D eigenvalue weighted by atomic mass is 16.5. The highest BCUT2D eigenvalue weighted by Crippen LogP contribution is 2.38. The third-order valence-electron chi connectivity index (χ3n) is 3.35. The quantitative estimate of drug-likeness (QED) is 0.799. The van der Waals surface area contributed by atoms with Gasteiger partial charge in [0.25, 0.3) is 0 Å². The molecule has 0 atom stereocenters. The van der Waals surface area contributed by atoms with Crippen LogP contribution in [-0.4, -0.2) is 13.7 Å². The van der Waals surface area contributed by atoms with Gasteiger partial charge < -0.3 is 9.47 Å². The van der Waals surface area contributed by atoms with Gasteiger partial charge in [0.05, 0.1) is 18.6 Å². The normalized spacial score (nSPS) is 17.4. The lowest BCUT2D eigenvalue weighted by Gasteiger charge is -2.20. The average molecular weight is 231 g/mol. The van der Waals surface area contributed by atoms with E-state index in [1.165, 1.54) is 0 Å². The van der Waals surface area contributed by atoms with Gasteiger partial charge in [-0.05, 0) is 25.0 Å². The van der Waals surface area contributed by atoms with Crippen LogP contribution >= 0.6 is 0 Å². The molecular formula is C14H17NO2. The topological polar surface area (TPSA) is 42.2 Å². The van der Waals surface area contributed by atoms with Gasteiger partial charge in [0.15, 0.2) is 0 Å². The fourth-order valence-corrected chi connectivity index (χ4v) is 2.25. The number of ether oxygens (including phenoxy) is 2. The highest BCUT2D eigenvalue weighted by Gasteiger charge is 2.34. The Kier molecular flexibility index (Phi) is 3.53. The summed E-state index contributed by atoms with van der Waals surface area (Å²) in [6, 6.07) is 9.93. The van der Waals surface area contributed by atoms with Crippen LogP contribution in [0.5, 0.6) is 11.5 Å². The first-order valence-electron chi connectivity index (χ1n) is 5.96. The summed E-state index contributed by atoms with van der Waals surface area (Å²) in [5.74, 6) is 1.55. The maximum Gasteiger partial charge on any atom is 0.123 e. The molecule has 0 aromatic heterocycles. The van der Waals surface area contributed by atoms with Gasteiger partial charge in [-0.2, -0.15) is 5.26 Å². The molecule has 1 saturated carbocycles. The zero-order valence-electron chi connectivity index (χ0n) is 10.1. The Morgan fingerprint density at radius 3 is 2.65 bits per heavy atom. The van der Waals surface area contributed by atoms with Crippen molar-refractivity contribution in [3.63, 3.8) is 0 Å². The molecule has 1 aromatic carbocycles. The molecule has 0 aliphatic heterocycles. The maximum atomic E-state index is 9.24. The minimum Gasteiger partial charge on any atom is -0.497 e. The number of nitrogens with zero attached hydrogens (tertiary/aromatic N) is 1. The molecule has 0 bridgehead atoms. The maximum absolute atomic E-state index is 9.24. The number of hydrogen-bond acceptors (Lipinski definition) is 3. The van der Waals surface area contributed by atoms with Crippen molar-refractivity contribution in [1.29, 1.82) is 5.26 Å². The lowest BCUT2D eigenvalue weighted by Crippen LogP contribution is -2.23. The van der Waals surface area contributed by atoms with Crippen LogP contribution < -0.4 is 9.47 Å². The van der Waals surface area contributed by atoms with Crippen molar-refractivity contribution in [3.05, 3.63) is 24.3 Å². The zero-order chi connectivity index (χ0) is 12.1. The molecule has 1 aromatic rings. The summed E-state index contributed by atoms with van der Waals surface area (Å²) in [4.78, 5) is 0. The molecule has 0 radical (unpaired) electrons. The third-order valence-corrected chi connectivity index (χ3v) is 3.35. The summed E-state index contributed by atoms with van der Waals surface area (Å²) in [6.07, 6.45) is 4.17. The summed E-state index contributed by atoms with van der Waals surface area (Å²) >= 11 is 0. The van der Waals surface area contributed by atoms with Crippen molar-refractivity contribution in [2.24, 2.45) is 5.41 Å². The van der Waals surface area contributed by atoms with E-state index < -0.39 is 0 Å². The van der Waals surface area contributed by atoms with Gasteiger partial charge in [0.1, 0.15) is 18.1 Å². The molecule has 0 saturated heterocycles. The smallest absolute Gasteiger partial charge is 0.123 e. The summed E-state index contributed by atoms with van der Waals surface area (Å²) in [7, 11) is 1.63. The van der Waals surface area contributed by atoms with E-state index in [0.717, 1.165) is 37.2 Å². The van der Waals surface area contributed by atoms with Crippen molar-refractivity contribution < 1.29 is 9.47 Å². The highest BCUT2D eigenvalue weighted by molar-refractivity contribution is 5.32. The number of benzene rings is 1. The van der Waals surface area contributed by atoms with Crippen molar-refractivity contribution in [1.82, 2.24) is 0 Å². The molecule has 1 aliphatic rings. The number of nitriles is 1. The van der Waals surface area contributed by atoms with Crippen LogP contribution in [0.15, 0.2) is 24.3 Å². The minimum atomic E-state index is -0.275. The second-order valence-electron chi connectivity index (χ2n) is 4.57. The molecule has 1 fully saturated rings. The van der Waals surface area contributed by atoms with E-state index in [4.69, 9.17) is 9.47 Å². The number of methoxy groups -OCH3 is 1. The van der Waals surface area contributed by atoms with Crippen molar-refractivity contribution in [2.45, 2.75) is 25.7 Å². The Morgan fingerprint density at radius 2 is 2.00 bits per heavy atom. The van der Waals surface area contributed by atoms with Gasteiger partial charge in [-0.25, -0.2) is 0 Å². The van der Waals surface area contributed by atoms with E-state index in [0.29, 0.717) is 6.61 Å². The first kappa shape index (κ1) is 11.8. The van der Waals surface area contributed by atoms with Crippen molar-refractivity contribution >= 4 is 0 Å². The first-order chi connectivity index (χ1) is 8.28. The second kappa shape index (κ2) is 5.09. The Hall–Kier alpha value is -1.69. The molecule has 0 spiro atoms. The summed E-state index contributed by atoms with van der Waals surface area (Å²) in [5, 5.41) is 9.24. The average Bonchev–Trinajstić information content (AvgIpc) is 2.86. The number of rotatable bonds is 4. The van der Waals surface area contributed by atoms with Crippen LogP contribution in [0, 0.1) is 16.7 Å². The molecule has 0 amide bonds. The largest absolute Gasteiger partial charge is 0.497 e. The molecule has 0 heterocycles. The number of hydrogen-bond donors (Lipinski definition) is 0. The summed E-state index contributed by atoms with van der Waals surface area (Å²) in [6.45, 7) is 0.483. The second-order valence-corrected chi connectivity index (χ2v) is 4.57. The van der Waals surface area contributed by atoms with Crippen LogP contribution in [0.25, 0.3) is 0 Å². The van der Waals surface area contributed by atoms with Gasteiger partial charge >= 0.3 is 0 Å². The monoisotopic (exact) mass is 231 g/mol. The lowest BCUT2D eigenvalue weighted by atomic mass is 9.89. The van der Waals surface area contributed by atoms with Crippen LogP contribution in [0.3, 0.4) is 0 Å². The van der Waals surface area contributed by atoms with Crippen LogP contribution in [-0.2, 0) is 0 Å². The Morgan fingerprint density at radius 1 is 1.29 bits per heavy atom. The van der Waals surface area contributed by atoms with Crippen molar-refractivity contribution in [3.8, 4) is 17.6 Å². The molecule has 17 heavy (non-hydrogen) atoms. The van der Waals surface area contributed by atoms with Crippen LogP contribution in [0.2, 0.25) is 0 Å². The van der Waals surface area contributed by atoms with Gasteiger partial charge in [-0.1, -0.05) is 18.9 Å². The molecule has 90 valence electrons. The van der Waals surface area contributed by atoms with E-state index in [2.05, 4.69) is 6.07 Å². The fourth-order valence-electron chi connectivity index (χ4n) is 2.25. The zero-order valence-corrected chi connectivity index (χ0v) is 10.1. The molecule has 3 heteroatoms. The lowest BCUT2D eigenvalue weighted by molar-refractivity contribution is 0.200. The minimum absolute atomic E-state index is 0.275. The molecule has 0 N–H and O–H groups in total. The summed E-state index contributed by atoms with van der Waals surface area (Å²) < 4.78 is 10.9. The van der Waals surface area contributed by atoms with E-state index in [1.807, 2.05) is 24.3 Å². The van der Waals surface area contributed by atoms with Gasteiger partial charge in [0.2, 0.25) is 0 Å². The summed E-state index contributed by atoms with van der Waals surface area (Å²) in [5.41, 5.74) is -0.275. The van der Waals surface area contributed by atoms with Gasteiger partial charge in [0, 0.05) is 6.07 Å². The van der Waals surface area contributed by atoms with Crippen molar-refractivity contribution in [2.75, 3.05) is 13.7 Å². The van der Waals surface area contributed by atoms with Gasteiger partial charge in [-0.15, -0.1) is 0 Å². The molecule has 2 rings (SSSR count). The predicted molar refractivity (Wildman–Crippen MR) is 65.0 cm³/mol. The Bertz CT molecular complexity index is 416. The molecule has 0 unspecified atom stereocenters. The van der Waals surface area contributed by atoms with Gasteiger partial charge in [-0.3, -0.25) is 0 Å². The SMILES string of the molecule is COc1cccc(OCC2(C#N)CCCC2)c1. The standard InChI is InChI=1S/C14H17NO2/c1-16-12-5-4-6-13(9-12)17-11-14(10-15)7-2-3-8-14/h4-6,9H,2-3,7-8,11H2,1H3. The van der Waals surface area contributed by atoms with E-state index >= 15 is 0 Å². The fraction of sp³-hybridized carbons (Fsp3) is 0.500. The van der Waals surface area contributed by atoms with Crippen LogP contribution in [0.1, 0.15) is 25.7 Å². The third kappa shape index (κ3) is 2.71.